The Hall–Kier alpha value is -3.11. The lowest BCUT2D eigenvalue weighted by atomic mass is 10.1. The average molecular weight is 584 g/mol. The zero-order chi connectivity index (χ0) is 24.1. The monoisotopic (exact) mass is 584 g/mol. The molecule has 8 heteroatoms. The number of rotatable bonds is 8. The Balaban J connectivity index is 1.74. The van der Waals surface area contributed by atoms with Crippen molar-refractivity contribution < 1.29 is 19.1 Å². The third kappa shape index (κ3) is 5.18. The topological polar surface area (TPSA) is 75.7 Å². The number of imide groups is 1. The van der Waals surface area contributed by atoms with Gasteiger partial charge in [-0.15, -0.1) is 0 Å². The Morgan fingerprint density at radius 3 is 2.32 bits per heavy atom. The van der Waals surface area contributed by atoms with Gasteiger partial charge >= 0.3 is 5.97 Å². The summed E-state index contributed by atoms with van der Waals surface area (Å²) in [6.07, 6.45) is 0.666. The van der Waals surface area contributed by atoms with Gasteiger partial charge in [0.2, 0.25) is 0 Å². The van der Waals surface area contributed by atoms with Crippen molar-refractivity contribution >= 4 is 63.5 Å². The first-order chi connectivity index (χ1) is 16.5. The second-order valence-electron chi connectivity index (χ2n) is 7.35. The lowest BCUT2D eigenvalue weighted by Crippen LogP contribution is -2.33. The summed E-state index contributed by atoms with van der Waals surface area (Å²) in [6.45, 7) is 2.15. The van der Waals surface area contributed by atoms with Crippen LogP contribution >= 0.6 is 34.4 Å². The Kier molecular flexibility index (Phi) is 7.69. The zero-order valence-electron chi connectivity index (χ0n) is 18.3. The molecule has 0 saturated carbocycles. The number of nitrogens with zero attached hydrogens (tertiary/aromatic N) is 1. The number of amides is 2. The molecule has 6 nitrogen and oxygen atoms in total. The molecule has 1 heterocycles. The van der Waals surface area contributed by atoms with Gasteiger partial charge in [-0.25, -0.2) is 9.69 Å². The minimum absolute atomic E-state index is 0.164. The molecule has 1 aliphatic rings. The van der Waals surface area contributed by atoms with E-state index < -0.39 is 17.8 Å². The number of hydrogen-bond donors (Lipinski definition) is 1. The van der Waals surface area contributed by atoms with Crippen LogP contribution in [0.15, 0.2) is 94.4 Å². The summed E-state index contributed by atoms with van der Waals surface area (Å²) in [5, 5.41) is 3.13. The Labute approximate surface area is 215 Å². The highest BCUT2D eigenvalue weighted by Crippen LogP contribution is 2.38. The summed E-state index contributed by atoms with van der Waals surface area (Å²) >= 11 is 3.41. The van der Waals surface area contributed by atoms with Gasteiger partial charge in [-0.2, -0.15) is 0 Å². The quantitative estimate of drug-likeness (QED) is 0.204. The van der Waals surface area contributed by atoms with Crippen molar-refractivity contribution in [2.45, 2.75) is 18.2 Å². The number of carbonyl (C=O) groups excluding carboxylic acids is 3. The maximum Gasteiger partial charge on any atom is 0.340 e. The highest BCUT2D eigenvalue weighted by Gasteiger charge is 2.41. The van der Waals surface area contributed by atoms with Crippen molar-refractivity contribution in [3.63, 3.8) is 0 Å². The molecule has 0 atom stereocenters. The molecule has 0 aromatic heterocycles. The number of nitrogens with one attached hydrogen (secondary N) is 1. The number of anilines is 2. The van der Waals surface area contributed by atoms with Gasteiger partial charge in [0.05, 0.1) is 17.9 Å². The van der Waals surface area contributed by atoms with Gasteiger partial charge in [0.15, 0.2) is 0 Å². The first-order valence-corrected chi connectivity index (χ1v) is 12.5. The fourth-order valence-corrected chi connectivity index (χ4v) is 4.64. The van der Waals surface area contributed by atoms with E-state index in [1.165, 1.54) is 11.8 Å². The minimum atomic E-state index is -0.575. The predicted molar refractivity (Wildman–Crippen MR) is 142 cm³/mol. The number of esters is 1. The summed E-state index contributed by atoms with van der Waals surface area (Å²) in [6, 6.07) is 23.4. The van der Waals surface area contributed by atoms with Crippen molar-refractivity contribution in [1.82, 2.24) is 0 Å². The maximum atomic E-state index is 13.6. The molecular formula is C26H21IN2O4S. The first kappa shape index (κ1) is 24.0. The highest BCUT2D eigenvalue weighted by atomic mass is 127. The van der Waals surface area contributed by atoms with Crippen LogP contribution in [0.5, 0.6) is 0 Å². The van der Waals surface area contributed by atoms with Crippen LogP contribution in [-0.4, -0.2) is 24.4 Å². The fourth-order valence-electron chi connectivity index (χ4n) is 3.33. The Morgan fingerprint density at radius 1 is 0.941 bits per heavy atom. The molecule has 0 bridgehead atoms. The molecule has 3 aromatic rings. The number of carbonyl (C=O) groups is 3. The molecule has 172 valence electrons. The average Bonchev–Trinajstić information content (AvgIpc) is 3.08. The highest BCUT2D eigenvalue weighted by molar-refractivity contribution is 14.1. The maximum absolute atomic E-state index is 13.6. The van der Waals surface area contributed by atoms with Crippen LogP contribution < -0.4 is 10.2 Å². The van der Waals surface area contributed by atoms with Crippen molar-refractivity contribution in [3.8, 4) is 0 Å². The van der Waals surface area contributed by atoms with Crippen LogP contribution in [0.3, 0.4) is 0 Å². The second-order valence-corrected chi connectivity index (χ2v) is 9.68. The van der Waals surface area contributed by atoms with Gasteiger partial charge < -0.3 is 10.1 Å². The molecule has 0 unspecified atom stereocenters. The molecule has 2 amide bonds. The number of ether oxygens (including phenoxy) is 1. The van der Waals surface area contributed by atoms with Crippen LogP contribution in [0.1, 0.15) is 23.7 Å². The number of halogens is 1. The molecule has 4 rings (SSSR count). The van der Waals surface area contributed by atoms with E-state index >= 15 is 0 Å². The van der Waals surface area contributed by atoms with E-state index in [9.17, 15) is 14.4 Å². The van der Waals surface area contributed by atoms with Crippen LogP contribution in [0.4, 0.5) is 11.4 Å². The molecule has 0 spiro atoms. The van der Waals surface area contributed by atoms with Gasteiger partial charge in [0.1, 0.15) is 10.6 Å². The van der Waals surface area contributed by atoms with E-state index in [2.05, 4.69) is 27.9 Å². The lowest BCUT2D eigenvalue weighted by molar-refractivity contribution is -0.120. The number of hydrogen-bond acceptors (Lipinski definition) is 6. The summed E-state index contributed by atoms with van der Waals surface area (Å²) < 4.78 is 6.33. The van der Waals surface area contributed by atoms with Crippen molar-refractivity contribution in [2.24, 2.45) is 0 Å². The fraction of sp³-hybridized carbons (Fsp3) is 0.115. The Bertz CT molecular complexity index is 1260. The van der Waals surface area contributed by atoms with E-state index in [1.807, 2.05) is 61.5 Å². The second kappa shape index (κ2) is 10.9. The molecular weight excluding hydrogens is 563 g/mol. The van der Waals surface area contributed by atoms with E-state index in [1.54, 1.807) is 24.3 Å². The van der Waals surface area contributed by atoms with Crippen molar-refractivity contribution in [2.75, 3.05) is 16.8 Å². The molecule has 34 heavy (non-hydrogen) atoms. The third-order valence-electron chi connectivity index (χ3n) is 4.92. The van der Waals surface area contributed by atoms with Crippen molar-refractivity contribution in [3.05, 3.63) is 98.6 Å². The van der Waals surface area contributed by atoms with E-state index in [4.69, 9.17) is 4.74 Å². The van der Waals surface area contributed by atoms with Gasteiger partial charge in [0, 0.05) is 14.2 Å². The molecule has 0 saturated heterocycles. The van der Waals surface area contributed by atoms with Gasteiger partial charge in [-0.1, -0.05) is 49.0 Å². The molecule has 3 aromatic carbocycles. The van der Waals surface area contributed by atoms with Crippen LogP contribution in [0.25, 0.3) is 0 Å². The zero-order valence-corrected chi connectivity index (χ0v) is 21.3. The number of thioether (sulfide) groups is 1. The first-order valence-electron chi connectivity index (χ1n) is 10.6. The SMILES string of the molecule is CCCOC(=O)c1ccccc1N1C(=O)C(Nc2ccc(I)cc2)=C(Sc2ccccc2)C1=O. The molecule has 0 radical (unpaired) electrons. The van der Waals surface area contributed by atoms with E-state index in [0.717, 1.165) is 13.4 Å². The minimum Gasteiger partial charge on any atom is -0.462 e. The van der Waals surface area contributed by atoms with Gasteiger partial charge in [0.25, 0.3) is 11.8 Å². The van der Waals surface area contributed by atoms with E-state index in [-0.39, 0.29) is 28.5 Å². The standard InChI is InChI=1S/C26H21IN2O4S/c1-2-16-33-26(32)20-10-6-7-11-21(20)29-24(30)22(28-18-14-12-17(27)13-15-18)23(25(29)31)34-19-8-4-3-5-9-19/h3-15,28H,2,16H2,1H3. The van der Waals surface area contributed by atoms with Gasteiger partial charge in [-0.05, 0) is 77.5 Å². The summed E-state index contributed by atoms with van der Waals surface area (Å²) in [5.41, 5.74) is 1.21. The summed E-state index contributed by atoms with van der Waals surface area (Å²) in [7, 11) is 0. The van der Waals surface area contributed by atoms with Crippen LogP contribution in [0, 0.1) is 3.57 Å². The third-order valence-corrected chi connectivity index (χ3v) is 6.73. The number of benzene rings is 3. The molecule has 0 aliphatic carbocycles. The Morgan fingerprint density at radius 2 is 1.62 bits per heavy atom. The molecule has 1 N–H and O–H groups in total. The predicted octanol–water partition coefficient (Wildman–Crippen LogP) is 5.85. The van der Waals surface area contributed by atoms with Crippen LogP contribution in [0.2, 0.25) is 0 Å². The van der Waals surface area contributed by atoms with E-state index in [0.29, 0.717) is 12.1 Å². The number of para-hydroxylation sites is 1. The van der Waals surface area contributed by atoms with Crippen LogP contribution in [-0.2, 0) is 14.3 Å². The smallest absolute Gasteiger partial charge is 0.340 e. The molecule has 0 fully saturated rings. The largest absolute Gasteiger partial charge is 0.462 e. The lowest BCUT2D eigenvalue weighted by Gasteiger charge is -2.18. The van der Waals surface area contributed by atoms with Crippen molar-refractivity contribution in [1.29, 1.82) is 0 Å². The van der Waals surface area contributed by atoms with Gasteiger partial charge in [-0.3, -0.25) is 9.59 Å². The normalized spacial score (nSPS) is 13.4. The summed E-state index contributed by atoms with van der Waals surface area (Å²) in [4.78, 5) is 42.0. The molecule has 1 aliphatic heterocycles. The summed E-state index contributed by atoms with van der Waals surface area (Å²) in [5.74, 6) is -1.60.